The Morgan fingerprint density at radius 3 is 2.70 bits per heavy atom. The summed E-state index contributed by atoms with van der Waals surface area (Å²) in [6, 6.07) is 8.27. The first-order valence-corrected chi connectivity index (χ1v) is 7.07. The number of carbonyl (C=O) groups is 1. The summed E-state index contributed by atoms with van der Waals surface area (Å²) in [4.78, 5) is 23.0. The van der Waals surface area contributed by atoms with Crippen LogP contribution >= 0.6 is 0 Å². The van der Waals surface area contributed by atoms with Gasteiger partial charge in [0.25, 0.3) is 0 Å². The fourth-order valence-corrected chi connectivity index (χ4v) is 2.48. The minimum atomic E-state index is 0.101. The predicted octanol–water partition coefficient (Wildman–Crippen LogP) is 1.34. The highest BCUT2D eigenvalue weighted by atomic mass is 16.2. The van der Waals surface area contributed by atoms with Crippen LogP contribution in [0, 0.1) is 5.92 Å². The molecule has 1 aromatic heterocycles. The molecule has 2 fully saturated rings. The maximum absolute atomic E-state index is 11.9. The van der Waals surface area contributed by atoms with E-state index in [4.69, 9.17) is 0 Å². The number of aromatic nitrogens is 2. The van der Waals surface area contributed by atoms with Crippen LogP contribution in [0.2, 0.25) is 0 Å². The summed E-state index contributed by atoms with van der Waals surface area (Å²) in [5, 5.41) is 3.06. The van der Waals surface area contributed by atoms with Crippen LogP contribution in [-0.4, -0.2) is 35.0 Å². The fourth-order valence-electron chi connectivity index (χ4n) is 2.48. The van der Waals surface area contributed by atoms with E-state index in [9.17, 15) is 4.79 Å². The van der Waals surface area contributed by atoms with Gasteiger partial charge < -0.3 is 10.2 Å². The second-order valence-corrected chi connectivity index (χ2v) is 5.60. The number of para-hydroxylation sites is 2. The molecule has 1 aliphatic heterocycles. The molecule has 1 saturated heterocycles. The Morgan fingerprint density at radius 1 is 1.20 bits per heavy atom. The zero-order chi connectivity index (χ0) is 13.5. The van der Waals surface area contributed by atoms with Crippen LogP contribution in [0.4, 0.5) is 5.82 Å². The molecule has 0 spiro atoms. The van der Waals surface area contributed by atoms with Gasteiger partial charge in [0, 0.05) is 19.1 Å². The van der Waals surface area contributed by atoms with E-state index in [1.54, 1.807) is 6.20 Å². The quantitative estimate of drug-likeness (QED) is 0.912. The molecule has 20 heavy (non-hydrogen) atoms. The molecule has 4 rings (SSSR count). The summed E-state index contributed by atoms with van der Waals surface area (Å²) < 4.78 is 0. The smallest absolute Gasteiger partial charge is 0.226 e. The standard InChI is InChI=1S/C15H16N4O/c20-15(17-11-5-6-11)10-8-19(9-10)14-7-16-12-3-1-2-4-13(12)18-14/h1-4,7,10-11H,5-6,8-9H2,(H,17,20). The molecule has 1 aliphatic carbocycles. The summed E-state index contributed by atoms with van der Waals surface area (Å²) in [5.41, 5.74) is 1.80. The molecule has 1 amide bonds. The number of carbonyl (C=O) groups excluding carboxylic acids is 1. The van der Waals surface area contributed by atoms with E-state index in [1.165, 1.54) is 0 Å². The Labute approximate surface area is 117 Å². The molecule has 102 valence electrons. The fraction of sp³-hybridized carbons (Fsp3) is 0.400. The SMILES string of the molecule is O=C(NC1CC1)C1CN(c2cnc3ccccc3n2)C1. The molecule has 0 atom stereocenters. The van der Waals surface area contributed by atoms with Gasteiger partial charge in [-0.15, -0.1) is 0 Å². The third kappa shape index (κ3) is 2.09. The Bertz CT molecular complexity index is 662. The van der Waals surface area contributed by atoms with Gasteiger partial charge >= 0.3 is 0 Å². The zero-order valence-electron chi connectivity index (χ0n) is 11.1. The van der Waals surface area contributed by atoms with Crippen LogP contribution in [0.15, 0.2) is 30.5 Å². The zero-order valence-corrected chi connectivity index (χ0v) is 11.1. The van der Waals surface area contributed by atoms with Crippen molar-refractivity contribution in [2.24, 2.45) is 5.92 Å². The lowest BCUT2D eigenvalue weighted by Gasteiger charge is -2.38. The highest BCUT2D eigenvalue weighted by Gasteiger charge is 2.36. The third-order valence-corrected chi connectivity index (χ3v) is 3.94. The number of rotatable bonds is 3. The van der Waals surface area contributed by atoms with Gasteiger partial charge in [-0.2, -0.15) is 0 Å². The summed E-state index contributed by atoms with van der Waals surface area (Å²) >= 11 is 0. The number of anilines is 1. The van der Waals surface area contributed by atoms with Crippen molar-refractivity contribution in [3.05, 3.63) is 30.5 Å². The first-order chi connectivity index (χ1) is 9.79. The molecule has 0 radical (unpaired) electrons. The molecule has 2 aromatic rings. The molecule has 2 heterocycles. The monoisotopic (exact) mass is 268 g/mol. The van der Waals surface area contributed by atoms with E-state index >= 15 is 0 Å². The number of fused-ring (bicyclic) bond motifs is 1. The molecular formula is C15H16N4O. The molecule has 2 aliphatic rings. The maximum Gasteiger partial charge on any atom is 0.226 e. The van der Waals surface area contributed by atoms with Gasteiger partial charge in [-0.25, -0.2) is 4.98 Å². The molecule has 0 unspecified atom stereocenters. The van der Waals surface area contributed by atoms with Gasteiger partial charge in [0.05, 0.1) is 23.1 Å². The number of hydrogen-bond acceptors (Lipinski definition) is 4. The molecular weight excluding hydrogens is 252 g/mol. The van der Waals surface area contributed by atoms with Crippen molar-refractivity contribution in [2.75, 3.05) is 18.0 Å². The Hall–Kier alpha value is -2.17. The van der Waals surface area contributed by atoms with Crippen LogP contribution in [0.5, 0.6) is 0 Å². The average molecular weight is 268 g/mol. The lowest BCUT2D eigenvalue weighted by atomic mass is 9.99. The summed E-state index contributed by atoms with van der Waals surface area (Å²) in [6.07, 6.45) is 4.06. The van der Waals surface area contributed by atoms with E-state index < -0.39 is 0 Å². The first kappa shape index (κ1) is 11.6. The summed E-state index contributed by atoms with van der Waals surface area (Å²) in [7, 11) is 0. The van der Waals surface area contributed by atoms with Crippen molar-refractivity contribution in [2.45, 2.75) is 18.9 Å². The third-order valence-electron chi connectivity index (χ3n) is 3.94. The van der Waals surface area contributed by atoms with E-state index in [-0.39, 0.29) is 11.8 Å². The van der Waals surface area contributed by atoms with Crippen molar-refractivity contribution in [1.82, 2.24) is 15.3 Å². The summed E-state index contributed by atoms with van der Waals surface area (Å²) in [5.74, 6) is 1.15. The molecule has 1 saturated carbocycles. The van der Waals surface area contributed by atoms with Crippen molar-refractivity contribution >= 4 is 22.8 Å². The van der Waals surface area contributed by atoms with E-state index in [2.05, 4.69) is 20.2 Å². The number of benzene rings is 1. The van der Waals surface area contributed by atoms with Gasteiger partial charge in [0.2, 0.25) is 5.91 Å². The van der Waals surface area contributed by atoms with Crippen LogP contribution in [0.3, 0.4) is 0 Å². The van der Waals surface area contributed by atoms with Crippen LogP contribution in [0.1, 0.15) is 12.8 Å². The lowest BCUT2D eigenvalue weighted by Crippen LogP contribution is -2.54. The highest BCUT2D eigenvalue weighted by Crippen LogP contribution is 2.25. The normalized spacial score (nSPS) is 18.9. The second-order valence-electron chi connectivity index (χ2n) is 5.60. The minimum Gasteiger partial charge on any atom is -0.354 e. The number of nitrogens with one attached hydrogen (secondary N) is 1. The van der Waals surface area contributed by atoms with Crippen LogP contribution in [-0.2, 0) is 4.79 Å². The van der Waals surface area contributed by atoms with E-state index in [1.807, 2.05) is 24.3 Å². The predicted molar refractivity (Wildman–Crippen MR) is 76.4 cm³/mol. The molecule has 0 bridgehead atoms. The van der Waals surface area contributed by atoms with Gasteiger partial charge in [0.1, 0.15) is 5.82 Å². The Morgan fingerprint density at radius 2 is 1.95 bits per heavy atom. The highest BCUT2D eigenvalue weighted by molar-refractivity contribution is 5.82. The Kier molecular flexibility index (Phi) is 2.58. The van der Waals surface area contributed by atoms with Crippen molar-refractivity contribution in [3.63, 3.8) is 0 Å². The molecule has 5 heteroatoms. The first-order valence-electron chi connectivity index (χ1n) is 7.07. The van der Waals surface area contributed by atoms with Gasteiger partial charge in [-0.05, 0) is 25.0 Å². The lowest BCUT2D eigenvalue weighted by molar-refractivity contribution is -0.125. The van der Waals surface area contributed by atoms with E-state index in [0.29, 0.717) is 6.04 Å². The molecule has 1 N–H and O–H groups in total. The Balaban J connectivity index is 1.44. The second kappa shape index (κ2) is 4.44. The largest absolute Gasteiger partial charge is 0.354 e. The number of nitrogens with zero attached hydrogens (tertiary/aromatic N) is 3. The molecule has 5 nitrogen and oxygen atoms in total. The van der Waals surface area contributed by atoms with Crippen molar-refractivity contribution in [3.8, 4) is 0 Å². The van der Waals surface area contributed by atoms with Gasteiger partial charge in [-0.3, -0.25) is 9.78 Å². The summed E-state index contributed by atoms with van der Waals surface area (Å²) in [6.45, 7) is 1.48. The maximum atomic E-state index is 11.9. The van der Waals surface area contributed by atoms with Crippen molar-refractivity contribution in [1.29, 1.82) is 0 Å². The molecule has 1 aromatic carbocycles. The number of hydrogen-bond donors (Lipinski definition) is 1. The van der Waals surface area contributed by atoms with Gasteiger partial charge in [0.15, 0.2) is 0 Å². The average Bonchev–Trinajstić information content (AvgIpc) is 3.21. The number of amides is 1. The van der Waals surface area contributed by atoms with Crippen LogP contribution < -0.4 is 10.2 Å². The topological polar surface area (TPSA) is 58.1 Å². The van der Waals surface area contributed by atoms with Crippen molar-refractivity contribution < 1.29 is 4.79 Å². The minimum absolute atomic E-state index is 0.101. The van der Waals surface area contributed by atoms with Crippen LogP contribution in [0.25, 0.3) is 11.0 Å². The van der Waals surface area contributed by atoms with Gasteiger partial charge in [-0.1, -0.05) is 12.1 Å². The van der Waals surface area contributed by atoms with E-state index in [0.717, 1.165) is 42.8 Å².